The highest BCUT2D eigenvalue weighted by atomic mass is 19.4. The summed E-state index contributed by atoms with van der Waals surface area (Å²) < 4.78 is 49.4. The van der Waals surface area contributed by atoms with Crippen LogP contribution in [0.5, 0.6) is 0 Å². The van der Waals surface area contributed by atoms with E-state index in [4.69, 9.17) is 0 Å². The van der Waals surface area contributed by atoms with Crippen LogP contribution in [0.3, 0.4) is 0 Å². The van der Waals surface area contributed by atoms with E-state index in [1.807, 2.05) is 0 Å². The van der Waals surface area contributed by atoms with Gasteiger partial charge in [-0.25, -0.2) is 14.4 Å². The van der Waals surface area contributed by atoms with Crippen molar-refractivity contribution in [3.8, 4) is 0 Å². The molecule has 7 nitrogen and oxygen atoms in total. The van der Waals surface area contributed by atoms with E-state index in [-0.39, 0.29) is 17.3 Å². The second-order valence-corrected chi connectivity index (χ2v) is 6.27. The zero-order valence-electron chi connectivity index (χ0n) is 14.3. The van der Waals surface area contributed by atoms with Gasteiger partial charge in [-0.3, -0.25) is 20.4 Å². The Kier molecular flexibility index (Phi) is 5.16. The first-order valence-corrected chi connectivity index (χ1v) is 8.23. The summed E-state index contributed by atoms with van der Waals surface area (Å²) in [6.07, 6.45) is -0.358. The van der Waals surface area contributed by atoms with Gasteiger partial charge in [0.25, 0.3) is 5.91 Å². The summed E-state index contributed by atoms with van der Waals surface area (Å²) in [4.78, 5) is 30.4. The third-order valence-electron chi connectivity index (χ3n) is 4.42. The summed E-state index contributed by atoms with van der Waals surface area (Å²) in [6, 6.07) is 6.07. The topological polar surface area (TPSA) is 96.0 Å². The summed E-state index contributed by atoms with van der Waals surface area (Å²) in [7, 11) is 0. The number of alkyl halides is 3. The first-order chi connectivity index (χ1) is 13.2. The Hall–Kier alpha value is -3.24. The first kappa shape index (κ1) is 19.5. The molecule has 0 aliphatic heterocycles. The molecule has 11 heteroatoms. The van der Waals surface area contributed by atoms with Crippen molar-refractivity contribution in [3.05, 3.63) is 53.6 Å². The van der Waals surface area contributed by atoms with Crippen LogP contribution < -0.4 is 16.2 Å². The molecule has 3 rings (SSSR count). The van der Waals surface area contributed by atoms with Crippen molar-refractivity contribution in [1.82, 2.24) is 20.8 Å². The van der Waals surface area contributed by atoms with Gasteiger partial charge in [0.2, 0.25) is 5.95 Å². The number of rotatable bonds is 4. The van der Waals surface area contributed by atoms with Gasteiger partial charge in [0.05, 0.1) is 11.1 Å². The lowest BCUT2D eigenvalue weighted by Crippen LogP contribution is -2.47. The molecule has 1 aliphatic rings. The van der Waals surface area contributed by atoms with Crippen LogP contribution in [-0.4, -0.2) is 28.0 Å². The fourth-order valence-corrected chi connectivity index (χ4v) is 2.77. The van der Waals surface area contributed by atoms with Crippen LogP contribution in [0.1, 0.15) is 35.2 Å². The quantitative estimate of drug-likeness (QED) is 0.544. The molecular weight excluding hydrogens is 382 g/mol. The molecule has 1 aliphatic carbocycles. The minimum atomic E-state index is -5.12. The molecule has 0 saturated heterocycles. The van der Waals surface area contributed by atoms with Crippen LogP contribution in [-0.2, 0) is 10.3 Å². The Morgan fingerprint density at radius 1 is 1.00 bits per heavy atom. The lowest BCUT2D eigenvalue weighted by Gasteiger charge is -2.43. The van der Waals surface area contributed by atoms with Gasteiger partial charge in [-0.2, -0.15) is 13.2 Å². The van der Waals surface area contributed by atoms with Crippen molar-refractivity contribution < 1.29 is 27.2 Å². The second kappa shape index (κ2) is 7.41. The number of benzene rings is 1. The van der Waals surface area contributed by atoms with E-state index in [9.17, 15) is 27.2 Å². The predicted molar refractivity (Wildman–Crippen MR) is 89.2 cm³/mol. The maximum atomic E-state index is 13.2. The molecule has 2 aromatic rings. The predicted octanol–water partition coefficient (Wildman–Crippen LogP) is 2.43. The minimum absolute atomic E-state index is 0.141. The lowest BCUT2D eigenvalue weighted by atomic mass is 9.72. The summed E-state index contributed by atoms with van der Waals surface area (Å²) in [5, 5.41) is 3.17. The number of nitrogens with one attached hydrogen (secondary N) is 3. The molecule has 0 bridgehead atoms. The highest BCUT2D eigenvalue weighted by Gasteiger charge is 2.40. The third-order valence-corrected chi connectivity index (χ3v) is 4.42. The van der Waals surface area contributed by atoms with Gasteiger partial charge in [0, 0.05) is 12.4 Å². The van der Waals surface area contributed by atoms with Crippen molar-refractivity contribution in [1.29, 1.82) is 0 Å². The van der Waals surface area contributed by atoms with Gasteiger partial charge >= 0.3 is 12.1 Å². The van der Waals surface area contributed by atoms with Gasteiger partial charge in [-0.15, -0.1) is 0 Å². The molecule has 0 spiro atoms. The van der Waals surface area contributed by atoms with Crippen molar-refractivity contribution >= 4 is 17.8 Å². The van der Waals surface area contributed by atoms with E-state index in [0.29, 0.717) is 0 Å². The Bertz CT molecular complexity index is 865. The zero-order chi connectivity index (χ0) is 20.4. The largest absolute Gasteiger partial charge is 0.472 e. The van der Waals surface area contributed by atoms with E-state index >= 15 is 0 Å². The summed E-state index contributed by atoms with van der Waals surface area (Å²) in [5.74, 6) is -3.44. The molecule has 1 fully saturated rings. The van der Waals surface area contributed by atoms with Crippen LogP contribution in [0.15, 0.2) is 36.7 Å². The number of hydrogen-bond donors (Lipinski definition) is 3. The van der Waals surface area contributed by atoms with E-state index in [0.717, 1.165) is 37.2 Å². The smallest absolute Gasteiger partial charge is 0.345 e. The third kappa shape index (κ3) is 4.18. The number of anilines is 1. The number of hydrazine groups is 1. The molecule has 148 valence electrons. The monoisotopic (exact) mass is 397 g/mol. The molecule has 28 heavy (non-hydrogen) atoms. The maximum Gasteiger partial charge on any atom is 0.472 e. The number of aromatic nitrogens is 2. The molecule has 2 amide bonds. The fraction of sp³-hybridized carbons (Fsp3) is 0.294. The molecule has 3 N–H and O–H groups in total. The molecule has 1 aromatic carbocycles. The number of nitrogens with zero attached hydrogens (tertiary/aromatic N) is 2. The van der Waals surface area contributed by atoms with E-state index < -0.39 is 23.5 Å². The number of hydrogen-bond acceptors (Lipinski definition) is 5. The van der Waals surface area contributed by atoms with Crippen molar-refractivity contribution in [3.63, 3.8) is 0 Å². The molecule has 1 saturated carbocycles. The van der Waals surface area contributed by atoms with Crippen molar-refractivity contribution in [2.24, 2.45) is 0 Å². The van der Waals surface area contributed by atoms with Gasteiger partial charge in [-0.05, 0) is 37.0 Å². The van der Waals surface area contributed by atoms with E-state index in [1.54, 1.807) is 17.6 Å². The molecular formula is C17H15F4N5O2. The molecule has 0 radical (unpaired) electrons. The Balaban J connectivity index is 1.65. The molecule has 1 heterocycles. The normalized spacial score (nSPS) is 15.3. The van der Waals surface area contributed by atoms with Crippen LogP contribution in [0, 0.1) is 5.82 Å². The SMILES string of the molecule is O=C(NNC(=O)C(F)(F)F)c1cnc(NC2(c3ccc(F)cc3)CCC2)nc1. The Morgan fingerprint density at radius 3 is 2.11 bits per heavy atom. The summed E-state index contributed by atoms with van der Waals surface area (Å²) in [6.45, 7) is 0. The summed E-state index contributed by atoms with van der Waals surface area (Å²) in [5.41, 5.74) is 3.17. The molecule has 0 atom stereocenters. The van der Waals surface area contributed by atoms with Crippen LogP contribution >= 0.6 is 0 Å². The summed E-state index contributed by atoms with van der Waals surface area (Å²) >= 11 is 0. The maximum absolute atomic E-state index is 13.2. The molecule has 0 unspecified atom stereocenters. The lowest BCUT2D eigenvalue weighted by molar-refractivity contribution is -0.174. The van der Waals surface area contributed by atoms with E-state index in [2.05, 4.69) is 15.3 Å². The molecule has 1 aromatic heterocycles. The zero-order valence-corrected chi connectivity index (χ0v) is 14.3. The Labute approximate surface area is 156 Å². The van der Waals surface area contributed by atoms with Crippen molar-refractivity contribution in [2.45, 2.75) is 31.0 Å². The van der Waals surface area contributed by atoms with Gasteiger partial charge in [0.15, 0.2) is 0 Å². The van der Waals surface area contributed by atoms with Gasteiger partial charge in [-0.1, -0.05) is 12.1 Å². The number of amides is 2. The van der Waals surface area contributed by atoms with Crippen molar-refractivity contribution in [2.75, 3.05) is 5.32 Å². The second-order valence-electron chi connectivity index (χ2n) is 6.27. The standard InChI is InChI=1S/C17H15F4N5O2/c18-12-4-2-11(3-5-12)16(6-1-7-16)24-15-22-8-10(9-23-15)13(27)25-26-14(28)17(19,20)21/h2-5,8-9H,1,6-7H2,(H,25,27)(H,26,28)(H,22,23,24). The minimum Gasteiger partial charge on any atom is -0.345 e. The average Bonchev–Trinajstić information content (AvgIpc) is 2.63. The average molecular weight is 397 g/mol. The highest BCUT2D eigenvalue weighted by molar-refractivity contribution is 5.95. The first-order valence-electron chi connectivity index (χ1n) is 8.23. The van der Waals surface area contributed by atoms with Gasteiger partial charge < -0.3 is 5.32 Å². The van der Waals surface area contributed by atoms with E-state index in [1.165, 1.54) is 17.6 Å². The number of carbonyl (C=O) groups excluding carboxylic acids is 2. The highest BCUT2D eigenvalue weighted by Crippen LogP contribution is 2.43. The van der Waals surface area contributed by atoms with Crippen LogP contribution in [0.25, 0.3) is 0 Å². The number of halogens is 4. The van der Waals surface area contributed by atoms with Crippen LogP contribution in [0.2, 0.25) is 0 Å². The van der Waals surface area contributed by atoms with Gasteiger partial charge in [0.1, 0.15) is 5.82 Å². The number of carbonyl (C=O) groups is 2. The fourth-order valence-electron chi connectivity index (χ4n) is 2.77. The van der Waals surface area contributed by atoms with Crippen LogP contribution in [0.4, 0.5) is 23.5 Å². The Morgan fingerprint density at radius 2 is 1.61 bits per heavy atom.